The molecule has 0 N–H and O–H groups in total. The van der Waals surface area contributed by atoms with E-state index >= 15 is 0 Å². The molecule has 2 aromatic carbocycles. The van der Waals surface area contributed by atoms with Crippen LogP contribution in [0, 0.1) is 5.41 Å². The number of hydrogen-bond donors (Lipinski definition) is 0. The molecular formula is C21H28. The van der Waals surface area contributed by atoms with Crippen LogP contribution in [0.25, 0.3) is 0 Å². The Morgan fingerprint density at radius 3 is 1.52 bits per heavy atom. The van der Waals surface area contributed by atoms with Crippen LogP contribution in [0.15, 0.2) is 60.7 Å². The second kappa shape index (κ2) is 6.47. The summed E-state index contributed by atoms with van der Waals surface area (Å²) in [6.45, 7) is 9.52. The molecule has 0 fully saturated rings. The fraction of sp³-hybridized carbons (Fsp3) is 0.429. The van der Waals surface area contributed by atoms with Crippen molar-refractivity contribution in [2.24, 2.45) is 5.41 Å². The molecule has 0 nitrogen and oxygen atoms in total. The van der Waals surface area contributed by atoms with Gasteiger partial charge in [0.05, 0.1) is 0 Å². The van der Waals surface area contributed by atoms with Gasteiger partial charge >= 0.3 is 0 Å². The molecule has 0 unspecified atom stereocenters. The van der Waals surface area contributed by atoms with Crippen molar-refractivity contribution in [2.45, 2.75) is 52.4 Å². The summed E-state index contributed by atoms with van der Waals surface area (Å²) in [6, 6.07) is 22.0. The molecular weight excluding hydrogens is 252 g/mol. The Morgan fingerprint density at radius 2 is 1.14 bits per heavy atom. The number of rotatable bonds is 6. The largest absolute Gasteiger partial charge is 0.0654 e. The molecule has 0 aromatic heterocycles. The van der Waals surface area contributed by atoms with Crippen LogP contribution in [0.4, 0.5) is 0 Å². The van der Waals surface area contributed by atoms with Gasteiger partial charge in [-0.15, -0.1) is 0 Å². The van der Waals surface area contributed by atoms with E-state index in [2.05, 4.69) is 88.4 Å². The standard InChI is InChI=1S/C21H28/c1-5-6-17-20(2,3)21(4,18-13-9-7-10-14-18)19-15-11-8-12-16-19/h7-16H,5-6,17H2,1-4H3. The molecule has 0 radical (unpaired) electrons. The van der Waals surface area contributed by atoms with E-state index in [0.717, 1.165) is 0 Å². The average molecular weight is 280 g/mol. The van der Waals surface area contributed by atoms with E-state index in [1.165, 1.54) is 30.4 Å². The maximum absolute atomic E-state index is 2.42. The van der Waals surface area contributed by atoms with Crippen molar-refractivity contribution >= 4 is 0 Å². The van der Waals surface area contributed by atoms with Crippen LogP contribution in [0.1, 0.15) is 58.1 Å². The first kappa shape index (κ1) is 15.8. The topological polar surface area (TPSA) is 0 Å². The highest BCUT2D eigenvalue weighted by Gasteiger charge is 2.42. The zero-order valence-corrected chi connectivity index (χ0v) is 13.9. The van der Waals surface area contributed by atoms with Crippen LogP contribution in [-0.4, -0.2) is 0 Å². The van der Waals surface area contributed by atoms with E-state index in [4.69, 9.17) is 0 Å². The Bertz CT molecular complexity index is 497. The molecule has 0 saturated carbocycles. The first-order chi connectivity index (χ1) is 10.0. The smallest absolute Gasteiger partial charge is 0.0225 e. The second-order valence-electron chi connectivity index (χ2n) is 6.84. The minimum atomic E-state index is 0.0324. The van der Waals surface area contributed by atoms with Crippen LogP contribution >= 0.6 is 0 Å². The van der Waals surface area contributed by atoms with Gasteiger partial charge in [-0.3, -0.25) is 0 Å². The van der Waals surface area contributed by atoms with Gasteiger partial charge in [-0.1, -0.05) is 101 Å². The molecule has 0 amide bonds. The predicted molar refractivity (Wildman–Crippen MR) is 92.6 cm³/mol. The van der Waals surface area contributed by atoms with Gasteiger partial charge in [0.1, 0.15) is 0 Å². The van der Waals surface area contributed by atoms with Gasteiger partial charge in [-0.05, 0) is 23.0 Å². The lowest BCUT2D eigenvalue weighted by molar-refractivity contribution is 0.195. The molecule has 0 heterocycles. The monoisotopic (exact) mass is 280 g/mol. The average Bonchev–Trinajstić information content (AvgIpc) is 2.53. The van der Waals surface area contributed by atoms with Crippen molar-refractivity contribution in [1.29, 1.82) is 0 Å². The van der Waals surface area contributed by atoms with Gasteiger partial charge in [-0.25, -0.2) is 0 Å². The van der Waals surface area contributed by atoms with Crippen LogP contribution < -0.4 is 0 Å². The minimum absolute atomic E-state index is 0.0324. The van der Waals surface area contributed by atoms with Crippen molar-refractivity contribution < 1.29 is 0 Å². The number of hydrogen-bond acceptors (Lipinski definition) is 0. The summed E-state index contributed by atoms with van der Waals surface area (Å²) in [5, 5.41) is 0. The van der Waals surface area contributed by atoms with E-state index in [9.17, 15) is 0 Å². The van der Waals surface area contributed by atoms with Gasteiger partial charge in [0, 0.05) is 5.41 Å². The molecule has 0 aliphatic rings. The van der Waals surface area contributed by atoms with Gasteiger partial charge in [0.25, 0.3) is 0 Å². The molecule has 0 saturated heterocycles. The van der Waals surface area contributed by atoms with Gasteiger partial charge in [-0.2, -0.15) is 0 Å². The van der Waals surface area contributed by atoms with E-state index in [1.807, 2.05) is 0 Å². The third-order valence-electron chi connectivity index (χ3n) is 5.21. The first-order valence-corrected chi connectivity index (χ1v) is 8.13. The van der Waals surface area contributed by atoms with Gasteiger partial charge in [0.15, 0.2) is 0 Å². The van der Waals surface area contributed by atoms with E-state index in [0.29, 0.717) is 0 Å². The highest BCUT2D eigenvalue weighted by Crippen LogP contribution is 2.49. The third kappa shape index (κ3) is 3.05. The lowest BCUT2D eigenvalue weighted by atomic mass is 9.58. The zero-order chi connectivity index (χ0) is 15.3. The van der Waals surface area contributed by atoms with Gasteiger partial charge < -0.3 is 0 Å². The molecule has 0 atom stereocenters. The Hall–Kier alpha value is -1.56. The Kier molecular flexibility index (Phi) is 4.88. The van der Waals surface area contributed by atoms with Gasteiger partial charge in [0.2, 0.25) is 0 Å². The molecule has 0 aliphatic carbocycles. The summed E-state index contributed by atoms with van der Waals surface area (Å²) in [4.78, 5) is 0. The molecule has 21 heavy (non-hydrogen) atoms. The Labute approximate surface area is 130 Å². The summed E-state index contributed by atoms with van der Waals surface area (Å²) in [5.41, 5.74) is 3.07. The molecule has 2 aromatic rings. The quantitative estimate of drug-likeness (QED) is 0.590. The lowest BCUT2D eigenvalue weighted by Crippen LogP contribution is -2.40. The molecule has 0 aliphatic heterocycles. The van der Waals surface area contributed by atoms with Crippen molar-refractivity contribution in [1.82, 2.24) is 0 Å². The van der Waals surface area contributed by atoms with E-state index < -0.39 is 0 Å². The Balaban J connectivity index is 2.55. The predicted octanol–water partition coefficient (Wildman–Crippen LogP) is 6.21. The van der Waals surface area contributed by atoms with Crippen molar-refractivity contribution in [3.8, 4) is 0 Å². The Morgan fingerprint density at radius 1 is 0.714 bits per heavy atom. The first-order valence-electron chi connectivity index (χ1n) is 8.13. The maximum atomic E-state index is 2.42. The zero-order valence-electron chi connectivity index (χ0n) is 13.9. The van der Waals surface area contributed by atoms with Crippen LogP contribution in [0.3, 0.4) is 0 Å². The highest BCUT2D eigenvalue weighted by atomic mass is 14.5. The summed E-state index contributed by atoms with van der Waals surface area (Å²) in [7, 11) is 0. The summed E-state index contributed by atoms with van der Waals surface area (Å²) < 4.78 is 0. The molecule has 112 valence electrons. The SMILES string of the molecule is CCCCC(C)(C)C(C)(c1ccccc1)c1ccccc1. The second-order valence-corrected chi connectivity index (χ2v) is 6.84. The van der Waals surface area contributed by atoms with E-state index in [1.54, 1.807) is 0 Å². The minimum Gasteiger partial charge on any atom is -0.0654 e. The van der Waals surface area contributed by atoms with Crippen molar-refractivity contribution in [2.75, 3.05) is 0 Å². The van der Waals surface area contributed by atoms with Crippen LogP contribution in [0.2, 0.25) is 0 Å². The van der Waals surface area contributed by atoms with E-state index in [-0.39, 0.29) is 10.8 Å². The van der Waals surface area contributed by atoms with Crippen molar-refractivity contribution in [3.05, 3.63) is 71.8 Å². The maximum Gasteiger partial charge on any atom is 0.0225 e. The number of benzene rings is 2. The highest BCUT2D eigenvalue weighted by molar-refractivity contribution is 5.40. The molecule has 0 spiro atoms. The summed E-state index contributed by atoms with van der Waals surface area (Å²) in [6.07, 6.45) is 3.77. The number of unbranched alkanes of at least 4 members (excludes halogenated alkanes) is 1. The van der Waals surface area contributed by atoms with Crippen LogP contribution in [0.5, 0.6) is 0 Å². The fourth-order valence-electron chi connectivity index (χ4n) is 3.36. The molecule has 0 bridgehead atoms. The summed E-state index contributed by atoms with van der Waals surface area (Å²) in [5.74, 6) is 0. The molecule has 2 rings (SSSR count). The normalized spacial score (nSPS) is 12.4. The summed E-state index contributed by atoms with van der Waals surface area (Å²) >= 11 is 0. The lowest BCUT2D eigenvalue weighted by Gasteiger charge is -2.46. The van der Waals surface area contributed by atoms with Crippen LogP contribution in [-0.2, 0) is 5.41 Å². The third-order valence-corrected chi connectivity index (χ3v) is 5.21. The fourth-order valence-corrected chi connectivity index (χ4v) is 3.36. The van der Waals surface area contributed by atoms with Crippen molar-refractivity contribution in [3.63, 3.8) is 0 Å². The molecule has 0 heteroatoms.